The molecule has 1 spiro atoms. The first-order chi connectivity index (χ1) is 17.8. The number of rotatable bonds is 7. The lowest BCUT2D eigenvalue weighted by Gasteiger charge is -2.51. The number of cyclic esters (lactones) is 1. The number of alkyl halides is 3. The van der Waals surface area contributed by atoms with E-state index < -0.39 is 41.7 Å². The van der Waals surface area contributed by atoms with Crippen molar-refractivity contribution in [2.45, 2.75) is 75.7 Å². The van der Waals surface area contributed by atoms with E-state index in [4.69, 9.17) is 27.9 Å². The Hall–Kier alpha value is -2.29. The molecule has 1 amide bonds. The maximum Gasteiger partial charge on any atom is 0.416 e. The molecule has 2 aromatic carbocycles. The average molecular weight is 572 g/mol. The Balaban J connectivity index is 1.84. The maximum absolute atomic E-state index is 14.3. The lowest BCUT2D eigenvalue weighted by molar-refractivity contribution is -0.256. The number of hydrogen-bond acceptors (Lipinski definition) is 4. The van der Waals surface area contributed by atoms with Crippen LogP contribution in [0.1, 0.15) is 69.0 Å². The Labute approximate surface area is 229 Å². The van der Waals surface area contributed by atoms with Crippen LogP contribution in [0.3, 0.4) is 0 Å². The van der Waals surface area contributed by atoms with E-state index in [-0.39, 0.29) is 31.3 Å². The lowest BCUT2D eigenvalue weighted by atomic mass is 9.67. The molecule has 2 aromatic rings. The number of hydrogen-bond donors (Lipinski definition) is 1. The summed E-state index contributed by atoms with van der Waals surface area (Å²) in [5.74, 6) is -1.15. The molecule has 0 saturated carbocycles. The van der Waals surface area contributed by atoms with Crippen molar-refractivity contribution in [2.24, 2.45) is 5.41 Å². The van der Waals surface area contributed by atoms with E-state index in [0.29, 0.717) is 22.9 Å². The quantitative estimate of drug-likeness (QED) is 0.369. The lowest BCUT2D eigenvalue weighted by Crippen LogP contribution is -2.57. The zero-order chi connectivity index (χ0) is 27.9. The van der Waals surface area contributed by atoms with E-state index in [1.54, 1.807) is 48.2 Å². The van der Waals surface area contributed by atoms with E-state index in [9.17, 15) is 27.9 Å². The van der Waals surface area contributed by atoms with Gasteiger partial charge >= 0.3 is 12.1 Å². The second-order valence-electron chi connectivity index (χ2n) is 10.6. The largest absolute Gasteiger partial charge is 0.464 e. The van der Waals surface area contributed by atoms with Crippen molar-refractivity contribution in [3.05, 3.63) is 69.7 Å². The van der Waals surface area contributed by atoms with Gasteiger partial charge in [-0.05, 0) is 68.0 Å². The van der Waals surface area contributed by atoms with Crippen molar-refractivity contribution in [3.63, 3.8) is 0 Å². The zero-order valence-corrected chi connectivity index (χ0v) is 22.6. The molecule has 5 atom stereocenters. The molecule has 0 aliphatic carbocycles. The van der Waals surface area contributed by atoms with Crippen LogP contribution < -0.4 is 0 Å². The number of halogens is 5. The predicted molar refractivity (Wildman–Crippen MR) is 138 cm³/mol. The number of carbonyl (C=O) groups is 2. The summed E-state index contributed by atoms with van der Waals surface area (Å²) in [5, 5.41) is 11.2. The zero-order valence-electron chi connectivity index (χ0n) is 21.1. The van der Waals surface area contributed by atoms with Gasteiger partial charge in [0.25, 0.3) is 0 Å². The molecule has 1 N–H and O–H groups in total. The molecule has 2 fully saturated rings. The number of nitrogens with zero attached hydrogens (tertiary/aromatic N) is 1. The molecule has 2 aliphatic rings. The molecule has 2 saturated heterocycles. The van der Waals surface area contributed by atoms with Gasteiger partial charge in [-0.1, -0.05) is 54.4 Å². The molecule has 38 heavy (non-hydrogen) atoms. The highest BCUT2D eigenvalue weighted by molar-refractivity contribution is 6.30. The van der Waals surface area contributed by atoms with Gasteiger partial charge in [0.2, 0.25) is 5.91 Å². The van der Waals surface area contributed by atoms with Gasteiger partial charge in [-0.2, -0.15) is 13.2 Å². The minimum atomic E-state index is -4.82. The summed E-state index contributed by atoms with van der Waals surface area (Å²) in [6.45, 7) is 2.45. The van der Waals surface area contributed by atoms with E-state index in [1.807, 2.05) is 12.1 Å². The average Bonchev–Trinajstić information content (AvgIpc) is 3.23. The van der Waals surface area contributed by atoms with Crippen LogP contribution in [-0.2, 0) is 14.3 Å². The summed E-state index contributed by atoms with van der Waals surface area (Å²) in [6, 6.07) is 13.0. The first-order valence-corrected chi connectivity index (χ1v) is 13.3. The summed E-state index contributed by atoms with van der Waals surface area (Å²) in [6.07, 6.45) is -4.95. The number of carbonyl (C=O) groups excluding carboxylic acids is 2. The van der Waals surface area contributed by atoms with Gasteiger partial charge in [0.05, 0.1) is 17.9 Å². The Morgan fingerprint density at radius 1 is 1.11 bits per heavy atom. The summed E-state index contributed by atoms with van der Waals surface area (Å²) in [5.41, 5.74) is -2.46. The summed E-state index contributed by atoms with van der Waals surface area (Å²) in [7, 11) is 0. The van der Waals surface area contributed by atoms with Crippen LogP contribution in [0.4, 0.5) is 13.2 Å². The molecule has 5 nitrogen and oxygen atoms in total. The second-order valence-corrected chi connectivity index (χ2v) is 11.4. The van der Waals surface area contributed by atoms with E-state index in [2.05, 4.69) is 0 Å². The van der Waals surface area contributed by atoms with Crippen molar-refractivity contribution in [1.29, 1.82) is 0 Å². The molecule has 5 unspecified atom stereocenters. The van der Waals surface area contributed by atoms with E-state index >= 15 is 0 Å². The SMILES string of the molecule is CCC(CCC(C)(O)C(F)(F)F)N1C(=O)C2(COC(=O)C2)CC(c2cccc(Cl)c2)C1c1ccc(Cl)cc1. The highest BCUT2D eigenvalue weighted by Gasteiger charge is 2.58. The molecular formula is C28H30Cl2F3NO4. The standard InChI is InChI=1S/C28H30Cl2F3NO4/c1-3-21(11-12-26(2,37)28(31,32)33)34-24(17-7-9-19(29)10-8-17)22(18-5-4-6-20(30)13-18)14-27(25(34)36)15-23(35)38-16-27/h4-10,13,21-22,24,37H,3,11-12,14-16H2,1-2H3. The van der Waals surface area contributed by atoms with Crippen LogP contribution >= 0.6 is 23.2 Å². The maximum atomic E-state index is 14.3. The monoisotopic (exact) mass is 571 g/mol. The topological polar surface area (TPSA) is 66.8 Å². The number of esters is 1. The Kier molecular flexibility index (Phi) is 8.09. The van der Waals surface area contributed by atoms with Crippen molar-refractivity contribution >= 4 is 35.1 Å². The summed E-state index contributed by atoms with van der Waals surface area (Å²) in [4.78, 5) is 28.2. The fourth-order valence-electron chi connectivity index (χ4n) is 5.69. The van der Waals surface area contributed by atoms with Gasteiger partial charge in [0.1, 0.15) is 6.61 Å². The van der Waals surface area contributed by atoms with Crippen LogP contribution in [0, 0.1) is 5.41 Å². The second kappa shape index (κ2) is 10.7. The minimum absolute atomic E-state index is 0.0913. The third-order valence-electron chi connectivity index (χ3n) is 7.90. The molecule has 10 heteroatoms. The fraction of sp³-hybridized carbons (Fsp3) is 0.500. The molecule has 4 rings (SSSR count). The molecule has 0 radical (unpaired) electrons. The molecule has 0 bridgehead atoms. The Morgan fingerprint density at radius 2 is 1.79 bits per heavy atom. The highest BCUT2D eigenvalue weighted by atomic mass is 35.5. The first-order valence-electron chi connectivity index (χ1n) is 12.6. The number of likely N-dealkylation sites (tertiary alicyclic amines) is 1. The van der Waals surface area contributed by atoms with Crippen molar-refractivity contribution in [2.75, 3.05) is 6.61 Å². The van der Waals surface area contributed by atoms with Gasteiger partial charge in [0, 0.05) is 22.0 Å². The molecular weight excluding hydrogens is 542 g/mol. The van der Waals surface area contributed by atoms with Gasteiger partial charge in [-0.15, -0.1) is 0 Å². The van der Waals surface area contributed by atoms with E-state index in [1.165, 1.54) is 0 Å². The van der Waals surface area contributed by atoms with Crippen molar-refractivity contribution in [1.82, 2.24) is 4.90 Å². The number of benzene rings is 2. The minimum Gasteiger partial charge on any atom is -0.464 e. The van der Waals surface area contributed by atoms with Gasteiger partial charge < -0.3 is 14.7 Å². The van der Waals surface area contributed by atoms with Gasteiger partial charge in [-0.3, -0.25) is 9.59 Å². The van der Waals surface area contributed by atoms with Crippen molar-refractivity contribution < 1.29 is 32.6 Å². The third-order valence-corrected chi connectivity index (χ3v) is 8.39. The molecule has 0 aromatic heterocycles. The van der Waals surface area contributed by atoms with Crippen LogP contribution in [0.2, 0.25) is 10.0 Å². The van der Waals surface area contributed by atoms with Crippen LogP contribution in [0.25, 0.3) is 0 Å². The summed E-state index contributed by atoms with van der Waals surface area (Å²) < 4.78 is 45.7. The van der Waals surface area contributed by atoms with Crippen LogP contribution in [0.5, 0.6) is 0 Å². The predicted octanol–water partition coefficient (Wildman–Crippen LogP) is 6.86. The normalized spacial score (nSPS) is 26.4. The van der Waals surface area contributed by atoms with Crippen molar-refractivity contribution in [3.8, 4) is 0 Å². The number of amides is 1. The van der Waals surface area contributed by atoms with Crippen LogP contribution in [-0.4, -0.2) is 46.3 Å². The smallest absolute Gasteiger partial charge is 0.416 e. The number of aliphatic hydroxyl groups is 1. The number of piperidine rings is 1. The molecule has 2 heterocycles. The Bertz CT molecular complexity index is 1190. The van der Waals surface area contributed by atoms with Gasteiger partial charge in [-0.25, -0.2) is 0 Å². The van der Waals surface area contributed by atoms with E-state index in [0.717, 1.165) is 18.1 Å². The van der Waals surface area contributed by atoms with Crippen LogP contribution in [0.15, 0.2) is 48.5 Å². The molecule has 2 aliphatic heterocycles. The first kappa shape index (κ1) is 28.7. The number of ether oxygens (including phenoxy) is 1. The summed E-state index contributed by atoms with van der Waals surface area (Å²) >= 11 is 12.5. The fourth-order valence-corrected chi connectivity index (χ4v) is 6.02. The Morgan fingerprint density at radius 3 is 2.34 bits per heavy atom. The third kappa shape index (κ3) is 5.54. The molecule has 206 valence electrons. The highest BCUT2D eigenvalue weighted by Crippen LogP contribution is 2.54. The van der Waals surface area contributed by atoms with Gasteiger partial charge in [0.15, 0.2) is 5.60 Å².